The molecule has 0 aliphatic heterocycles. The smallest absolute Gasteiger partial charge is 0.0329 e. The first kappa shape index (κ1) is 8.75. The van der Waals surface area contributed by atoms with E-state index < -0.39 is 0 Å². The summed E-state index contributed by atoms with van der Waals surface area (Å²) >= 11 is 1.77. The topological polar surface area (TPSA) is 26.0 Å². The summed E-state index contributed by atoms with van der Waals surface area (Å²) in [6, 6.07) is 2.34. The molecule has 1 heterocycles. The summed E-state index contributed by atoms with van der Waals surface area (Å²) < 4.78 is 0. The highest BCUT2D eigenvalue weighted by molar-refractivity contribution is 7.10. The van der Waals surface area contributed by atoms with E-state index in [-0.39, 0.29) is 6.04 Å². The van der Waals surface area contributed by atoms with Crippen LogP contribution < -0.4 is 5.73 Å². The van der Waals surface area contributed by atoms with Crippen LogP contribution in [0.2, 0.25) is 0 Å². The van der Waals surface area contributed by atoms with Crippen molar-refractivity contribution in [1.82, 2.24) is 0 Å². The van der Waals surface area contributed by atoms with Gasteiger partial charge in [0.2, 0.25) is 0 Å². The Morgan fingerprint density at radius 1 is 1.45 bits per heavy atom. The van der Waals surface area contributed by atoms with E-state index >= 15 is 0 Å². The highest BCUT2D eigenvalue weighted by Gasteiger charge is 2.12. The third-order valence-corrected chi connectivity index (χ3v) is 2.84. The highest BCUT2D eigenvalue weighted by atomic mass is 32.1. The van der Waals surface area contributed by atoms with Gasteiger partial charge in [-0.1, -0.05) is 13.8 Å². The molecule has 0 aliphatic rings. The first-order valence-corrected chi connectivity index (χ1v) is 4.80. The first-order valence-electron chi connectivity index (χ1n) is 3.92. The van der Waals surface area contributed by atoms with E-state index in [1.807, 2.05) is 0 Å². The molecule has 0 fully saturated rings. The molecule has 0 bridgehead atoms. The molecule has 0 aromatic carbocycles. The van der Waals surface area contributed by atoms with Crippen LogP contribution in [0.4, 0.5) is 0 Å². The molecule has 11 heavy (non-hydrogen) atoms. The minimum atomic E-state index is 0.209. The van der Waals surface area contributed by atoms with Crippen LogP contribution in [0.25, 0.3) is 0 Å². The van der Waals surface area contributed by atoms with Gasteiger partial charge in [-0.2, -0.15) is 0 Å². The van der Waals surface area contributed by atoms with Gasteiger partial charge in [-0.05, 0) is 29.9 Å². The summed E-state index contributed by atoms with van der Waals surface area (Å²) in [6.45, 7) is 6.44. The van der Waals surface area contributed by atoms with Crippen LogP contribution in [0.3, 0.4) is 0 Å². The van der Waals surface area contributed by atoms with Crippen LogP contribution in [0.1, 0.15) is 30.3 Å². The molecule has 0 spiro atoms. The van der Waals surface area contributed by atoms with Crippen molar-refractivity contribution in [1.29, 1.82) is 0 Å². The molecule has 0 unspecified atom stereocenters. The number of hydrogen-bond acceptors (Lipinski definition) is 2. The Balaban J connectivity index is 2.84. The van der Waals surface area contributed by atoms with Gasteiger partial charge in [-0.3, -0.25) is 0 Å². The number of aryl methyl sites for hydroxylation is 1. The Bertz CT molecular complexity index is 227. The van der Waals surface area contributed by atoms with Crippen molar-refractivity contribution in [2.24, 2.45) is 11.7 Å². The second kappa shape index (κ2) is 3.37. The lowest BCUT2D eigenvalue weighted by Gasteiger charge is -2.14. The van der Waals surface area contributed by atoms with Gasteiger partial charge in [0, 0.05) is 10.9 Å². The molecule has 2 heteroatoms. The van der Waals surface area contributed by atoms with Crippen LogP contribution in [-0.2, 0) is 0 Å². The zero-order valence-corrected chi connectivity index (χ0v) is 8.11. The largest absolute Gasteiger partial charge is 0.324 e. The minimum Gasteiger partial charge on any atom is -0.324 e. The second-order valence-corrected chi connectivity index (χ2v) is 4.32. The predicted octanol–water partition coefficient (Wildman–Crippen LogP) is 2.71. The van der Waals surface area contributed by atoms with Crippen molar-refractivity contribution < 1.29 is 0 Å². The van der Waals surface area contributed by atoms with Crippen molar-refractivity contribution >= 4 is 11.3 Å². The van der Waals surface area contributed by atoms with Gasteiger partial charge in [0.15, 0.2) is 0 Å². The Labute approximate surface area is 72.2 Å². The SMILES string of the molecule is Cc1sccc1[C@H](N)C(C)C. The molecule has 1 aromatic rings. The van der Waals surface area contributed by atoms with Gasteiger partial charge in [-0.15, -0.1) is 11.3 Å². The number of hydrogen-bond donors (Lipinski definition) is 1. The number of nitrogens with two attached hydrogens (primary N) is 1. The molecule has 1 atom stereocenters. The van der Waals surface area contributed by atoms with Crippen LogP contribution >= 0.6 is 11.3 Å². The van der Waals surface area contributed by atoms with Crippen LogP contribution in [-0.4, -0.2) is 0 Å². The third kappa shape index (κ3) is 1.82. The fourth-order valence-electron chi connectivity index (χ4n) is 1.10. The molecule has 2 N–H and O–H groups in total. The van der Waals surface area contributed by atoms with Gasteiger partial charge in [0.05, 0.1) is 0 Å². The molecular weight excluding hydrogens is 154 g/mol. The summed E-state index contributed by atoms with van der Waals surface area (Å²) in [5, 5.41) is 2.10. The Hall–Kier alpha value is -0.340. The average molecular weight is 169 g/mol. The molecule has 0 amide bonds. The lowest BCUT2D eigenvalue weighted by molar-refractivity contribution is 0.514. The van der Waals surface area contributed by atoms with Gasteiger partial charge < -0.3 is 5.73 Å². The molecule has 0 aliphatic carbocycles. The summed E-state index contributed by atoms with van der Waals surface area (Å²) in [7, 11) is 0. The van der Waals surface area contributed by atoms with E-state index in [0.29, 0.717) is 5.92 Å². The van der Waals surface area contributed by atoms with E-state index in [1.165, 1.54) is 10.4 Å². The summed E-state index contributed by atoms with van der Waals surface area (Å²) in [5.74, 6) is 0.531. The van der Waals surface area contributed by atoms with Crippen molar-refractivity contribution in [3.8, 4) is 0 Å². The Kier molecular flexibility index (Phi) is 2.68. The van der Waals surface area contributed by atoms with Crippen molar-refractivity contribution in [2.75, 3.05) is 0 Å². The van der Waals surface area contributed by atoms with E-state index in [9.17, 15) is 0 Å². The Morgan fingerprint density at radius 2 is 2.09 bits per heavy atom. The Morgan fingerprint density at radius 3 is 2.45 bits per heavy atom. The third-order valence-electron chi connectivity index (χ3n) is 1.98. The fraction of sp³-hybridized carbons (Fsp3) is 0.556. The minimum absolute atomic E-state index is 0.209. The monoisotopic (exact) mass is 169 g/mol. The first-order chi connectivity index (χ1) is 5.13. The molecule has 1 aromatic heterocycles. The fourth-order valence-corrected chi connectivity index (χ4v) is 1.86. The summed E-state index contributed by atoms with van der Waals surface area (Å²) in [4.78, 5) is 1.35. The molecule has 0 radical (unpaired) electrons. The zero-order chi connectivity index (χ0) is 8.43. The zero-order valence-electron chi connectivity index (χ0n) is 7.29. The van der Waals surface area contributed by atoms with Gasteiger partial charge in [0.1, 0.15) is 0 Å². The highest BCUT2D eigenvalue weighted by Crippen LogP contribution is 2.25. The molecule has 62 valence electrons. The summed E-state index contributed by atoms with van der Waals surface area (Å²) in [5.41, 5.74) is 7.30. The molecule has 1 rings (SSSR count). The second-order valence-electron chi connectivity index (χ2n) is 3.20. The predicted molar refractivity (Wildman–Crippen MR) is 50.8 cm³/mol. The van der Waals surface area contributed by atoms with Gasteiger partial charge >= 0.3 is 0 Å². The van der Waals surface area contributed by atoms with Crippen molar-refractivity contribution in [3.05, 3.63) is 21.9 Å². The lowest BCUT2D eigenvalue weighted by atomic mass is 9.98. The normalized spacial score (nSPS) is 13.9. The maximum Gasteiger partial charge on any atom is 0.0329 e. The van der Waals surface area contributed by atoms with Crippen molar-refractivity contribution in [3.63, 3.8) is 0 Å². The standard InChI is InChI=1S/C9H15NS/c1-6(2)9(10)8-4-5-11-7(8)3/h4-6,9H,10H2,1-3H3/t9-/m1/s1. The van der Waals surface area contributed by atoms with E-state index in [4.69, 9.17) is 5.73 Å². The van der Waals surface area contributed by atoms with Crippen molar-refractivity contribution in [2.45, 2.75) is 26.8 Å². The molecule has 1 nitrogen and oxygen atoms in total. The molecular formula is C9H15NS. The molecule has 0 saturated heterocycles. The number of rotatable bonds is 2. The number of thiophene rings is 1. The average Bonchev–Trinajstić information content (AvgIpc) is 2.33. The summed E-state index contributed by atoms with van der Waals surface area (Å²) in [6.07, 6.45) is 0. The van der Waals surface area contributed by atoms with E-state index in [2.05, 4.69) is 32.2 Å². The van der Waals surface area contributed by atoms with Crippen LogP contribution in [0.5, 0.6) is 0 Å². The van der Waals surface area contributed by atoms with Crippen LogP contribution in [0, 0.1) is 12.8 Å². The maximum atomic E-state index is 5.99. The lowest BCUT2D eigenvalue weighted by Crippen LogP contribution is -2.16. The van der Waals surface area contributed by atoms with E-state index in [1.54, 1.807) is 11.3 Å². The van der Waals surface area contributed by atoms with Crippen LogP contribution in [0.15, 0.2) is 11.4 Å². The van der Waals surface area contributed by atoms with Gasteiger partial charge in [-0.25, -0.2) is 0 Å². The quantitative estimate of drug-likeness (QED) is 0.723. The molecule has 0 saturated carbocycles. The van der Waals surface area contributed by atoms with E-state index in [0.717, 1.165) is 0 Å². The maximum absolute atomic E-state index is 5.99. The van der Waals surface area contributed by atoms with Gasteiger partial charge in [0.25, 0.3) is 0 Å².